The highest BCUT2D eigenvalue weighted by Crippen LogP contribution is 2.20. The second kappa shape index (κ2) is 6.53. The molecule has 0 saturated carbocycles. The van der Waals surface area contributed by atoms with Crippen molar-refractivity contribution in [3.63, 3.8) is 0 Å². The summed E-state index contributed by atoms with van der Waals surface area (Å²) in [4.78, 5) is 26.3. The second-order valence-electron chi connectivity index (χ2n) is 4.67. The van der Waals surface area contributed by atoms with Crippen LogP contribution in [0.2, 0.25) is 0 Å². The van der Waals surface area contributed by atoms with Gasteiger partial charge in [-0.15, -0.1) is 16.4 Å². The summed E-state index contributed by atoms with van der Waals surface area (Å²) in [5, 5.41) is 5.93. The van der Waals surface area contributed by atoms with Crippen molar-refractivity contribution in [1.82, 2.24) is 14.7 Å². The Morgan fingerprint density at radius 1 is 1.57 bits per heavy atom. The molecule has 0 aliphatic heterocycles. The van der Waals surface area contributed by atoms with Crippen LogP contribution in [0.25, 0.3) is 10.8 Å². The highest BCUT2D eigenvalue weighted by atomic mass is 32.1. The molecule has 2 rings (SSSR count). The third-order valence-electron chi connectivity index (χ3n) is 2.82. The Hall–Kier alpha value is -2.15. The number of hydrogen-bond donors (Lipinski definition) is 0. The SMILES string of the molecule is C=C(C)CN(CC)C(=O)Cn1nc(-c2cccs2)oc1=O. The maximum atomic E-state index is 12.2. The minimum atomic E-state index is -0.627. The molecular weight excluding hydrogens is 290 g/mol. The summed E-state index contributed by atoms with van der Waals surface area (Å²) >= 11 is 1.42. The fourth-order valence-corrected chi connectivity index (χ4v) is 2.48. The molecule has 7 heteroatoms. The molecule has 112 valence electrons. The van der Waals surface area contributed by atoms with E-state index in [1.165, 1.54) is 11.3 Å². The van der Waals surface area contributed by atoms with Gasteiger partial charge in [0.15, 0.2) is 0 Å². The van der Waals surface area contributed by atoms with Crippen LogP contribution < -0.4 is 5.76 Å². The van der Waals surface area contributed by atoms with Gasteiger partial charge in [-0.1, -0.05) is 18.2 Å². The van der Waals surface area contributed by atoms with Crippen molar-refractivity contribution in [1.29, 1.82) is 0 Å². The molecule has 1 amide bonds. The van der Waals surface area contributed by atoms with Crippen LogP contribution in [0.4, 0.5) is 0 Å². The van der Waals surface area contributed by atoms with E-state index in [1.807, 2.05) is 31.4 Å². The van der Waals surface area contributed by atoms with Crippen molar-refractivity contribution in [3.8, 4) is 10.8 Å². The lowest BCUT2D eigenvalue weighted by Gasteiger charge is -2.20. The topological polar surface area (TPSA) is 68.3 Å². The maximum absolute atomic E-state index is 12.2. The Balaban J connectivity index is 2.14. The maximum Gasteiger partial charge on any atom is 0.437 e. The predicted octanol–water partition coefficient (Wildman–Crippen LogP) is 1.99. The zero-order valence-corrected chi connectivity index (χ0v) is 12.9. The molecule has 0 aliphatic carbocycles. The average molecular weight is 307 g/mol. The molecule has 2 aromatic heterocycles. The lowest BCUT2D eigenvalue weighted by molar-refractivity contribution is -0.131. The molecule has 0 aliphatic rings. The van der Waals surface area contributed by atoms with Gasteiger partial charge in [0.2, 0.25) is 5.91 Å². The van der Waals surface area contributed by atoms with Crippen LogP contribution >= 0.6 is 11.3 Å². The smallest absolute Gasteiger partial charge is 0.387 e. The van der Waals surface area contributed by atoms with E-state index in [2.05, 4.69) is 11.7 Å². The quantitative estimate of drug-likeness (QED) is 0.765. The molecule has 0 spiro atoms. The average Bonchev–Trinajstić information content (AvgIpc) is 3.06. The number of carbonyl (C=O) groups excluding carboxylic acids is 1. The van der Waals surface area contributed by atoms with Crippen LogP contribution in [-0.2, 0) is 11.3 Å². The van der Waals surface area contributed by atoms with Crippen molar-refractivity contribution < 1.29 is 9.21 Å². The number of carbonyl (C=O) groups is 1. The van der Waals surface area contributed by atoms with E-state index in [1.54, 1.807) is 4.90 Å². The van der Waals surface area contributed by atoms with E-state index in [4.69, 9.17) is 4.42 Å². The summed E-state index contributed by atoms with van der Waals surface area (Å²) in [6, 6.07) is 3.65. The van der Waals surface area contributed by atoms with E-state index in [-0.39, 0.29) is 18.3 Å². The fraction of sp³-hybridized carbons (Fsp3) is 0.357. The summed E-state index contributed by atoms with van der Waals surface area (Å²) < 4.78 is 6.13. The standard InChI is InChI=1S/C14H17N3O3S/c1-4-16(8-10(2)3)12(18)9-17-14(19)20-13(15-17)11-6-5-7-21-11/h5-7H,2,4,8-9H2,1,3H3. The molecule has 0 fully saturated rings. The van der Waals surface area contributed by atoms with Gasteiger partial charge in [0.1, 0.15) is 6.54 Å². The van der Waals surface area contributed by atoms with Gasteiger partial charge < -0.3 is 9.32 Å². The Morgan fingerprint density at radius 2 is 2.33 bits per heavy atom. The number of likely N-dealkylation sites (N-methyl/N-ethyl adjacent to an activating group) is 1. The Morgan fingerprint density at radius 3 is 2.90 bits per heavy atom. The van der Waals surface area contributed by atoms with Gasteiger partial charge in [0.25, 0.3) is 5.89 Å². The molecule has 2 heterocycles. The number of hydrogen-bond acceptors (Lipinski definition) is 5. The largest absolute Gasteiger partial charge is 0.437 e. The predicted molar refractivity (Wildman–Crippen MR) is 81.1 cm³/mol. The van der Waals surface area contributed by atoms with Gasteiger partial charge in [-0.05, 0) is 25.3 Å². The fourth-order valence-electron chi connectivity index (χ4n) is 1.84. The first kappa shape index (κ1) is 15.2. The van der Waals surface area contributed by atoms with Crippen molar-refractivity contribution in [2.24, 2.45) is 0 Å². The van der Waals surface area contributed by atoms with Gasteiger partial charge >= 0.3 is 5.76 Å². The summed E-state index contributed by atoms with van der Waals surface area (Å²) in [6.07, 6.45) is 0. The van der Waals surface area contributed by atoms with Crippen LogP contribution in [0.5, 0.6) is 0 Å². The number of aromatic nitrogens is 2. The number of rotatable bonds is 6. The summed E-state index contributed by atoms with van der Waals surface area (Å²) in [5.41, 5.74) is 0.886. The van der Waals surface area contributed by atoms with Gasteiger partial charge in [-0.3, -0.25) is 4.79 Å². The summed E-state index contributed by atoms with van der Waals surface area (Å²) in [7, 11) is 0. The molecule has 21 heavy (non-hydrogen) atoms. The van der Waals surface area contributed by atoms with Gasteiger partial charge in [-0.25, -0.2) is 4.79 Å². The summed E-state index contributed by atoms with van der Waals surface area (Å²) in [6.45, 7) is 8.42. The first-order valence-corrected chi connectivity index (χ1v) is 7.43. The molecular formula is C14H17N3O3S. The first-order valence-electron chi connectivity index (χ1n) is 6.55. The zero-order valence-electron chi connectivity index (χ0n) is 12.0. The highest BCUT2D eigenvalue weighted by molar-refractivity contribution is 7.13. The number of nitrogens with zero attached hydrogens (tertiary/aromatic N) is 3. The van der Waals surface area contributed by atoms with E-state index >= 15 is 0 Å². The second-order valence-corrected chi connectivity index (χ2v) is 5.62. The molecule has 6 nitrogen and oxygen atoms in total. The summed E-state index contributed by atoms with van der Waals surface area (Å²) in [5.74, 6) is -0.572. The lowest BCUT2D eigenvalue weighted by Crippen LogP contribution is -2.36. The van der Waals surface area contributed by atoms with Crippen LogP contribution in [0.15, 0.2) is 38.9 Å². The molecule has 0 bridgehead atoms. The molecule has 0 unspecified atom stereocenters. The Bertz CT molecular complexity index is 685. The molecule has 2 aromatic rings. The van der Waals surface area contributed by atoms with Crippen molar-refractivity contribution >= 4 is 17.2 Å². The van der Waals surface area contributed by atoms with Crippen molar-refractivity contribution in [3.05, 3.63) is 40.2 Å². The minimum absolute atomic E-state index is 0.130. The lowest BCUT2D eigenvalue weighted by atomic mass is 10.3. The van der Waals surface area contributed by atoms with Crippen LogP contribution in [0.3, 0.4) is 0 Å². The normalized spacial score (nSPS) is 10.6. The molecule has 0 aromatic carbocycles. The van der Waals surface area contributed by atoms with Crippen LogP contribution in [0, 0.1) is 0 Å². The third kappa shape index (κ3) is 3.69. The van der Waals surface area contributed by atoms with Gasteiger partial charge in [0.05, 0.1) is 4.88 Å². The molecule has 0 atom stereocenters. The molecule has 0 radical (unpaired) electrons. The minimum Gasteiger partial charge on any atom is -0.387 e. The van der Waals surface area contributed by atoms with Crippen LogP contribution in [0.1, 0.15) is 13.8 Å². The number of amides is 1. The van der Waals surface area contributed by atoms with E-state index in [0.29, 0.717) is 13.1 Å². The number of thiophene rings is 1. The van der Waals surface area contributed by atoms with Crippen molar-refractivity contribution in [2.45, 2.75) is 20.4 Å². The highest BCUT2D eigenvalue weighted by Gasteiger charge is 2.17. The van der Waals surface area contributed by atoms with E-state index in [9.17, 15) is 9.59 Å². The Labute approximate surface area is 126 Å². The third-order valence-corrected chi connectivity index (χ3v) is 3.68. The molecule has 0 saturated heterocycles. The first-order chi connectivity index (χ1) is 10.0. The van der Waals surface area contributed by atoms with E-state index in [0.717, 1.165) is 15.1 Å². The zero-order chi connectivity index (χ0) is 15.4. The molecule has 0 N–H and O–H groups in total. The van der Waals surface area contributed by atoms with Crippen LogP contribution in [-0.4, -0.2) is 33.7 Å². The van der Waals surface area contributed by atoms with Crippen molar-refractivity contribution in [2.75, 3.05) is 13.1 Å². The monoisotopic (exact) mass is 307 g/mol. The van der Waals surface area contributed by atoms with Gasteiger partial charge in [0, 0.05) is 13.1 Å². The van der Waals surface area contributed by atoms with Gasteiger partial charge in [-0.2, -0.15) is 4.68 Å². The van der Waals surface area contributed by atoms with E-state index < -0.39 is 5.76 Å². The Kier molecular flexibility index (Phi) is 4.74.